The van der Waals surface area contributed by atoms with E-state index in [4.69, 9.17) is 4.74 Å². The van der Waals surface area contributed by atoms with Crippen LogP contribution in [0.1, 0.15) is 45.7 Å². The van der Waals surface area contributed by atoms with Gasteiger partial charge in [0.2, 0.25) is 0 Å². The summed E-state index contributed by atoms with van der Waals surface area (Å²) in [6, 6.07) is 13.6. The molecule has 9 heteroatoms. The van der Waals surface area contributed by atoms with Gasteiger partial charge in [-0.2, -0.15) is 5.10 Å². The molecule has 3 aromatic rings. The number of hydrazone groups is 1. The minimum atomic E-state index is -0.275. The fourth-order valence-electron chi connectivity index (χ4n) is 3.32. The zero-order valence-electron chi connectivity index (χ0n) is 20.3. The summed E-state index contributed by atoms with van der Waals surface area (Å²) in [4.78, 5) is 12.3. The fourth-order valence-corrected chi connectivity index (χ4v) is 4.13. The van der Waals surface area contributed by atoms with Gasteiger partial charge >= 0.3 is 5.16 Å². The molecule has 1 aromatic heterocycles. The first-order chi connectivity index (χ1) is 16.2. The highest BCUT2D eigenvalue weighted by Crippen LogP contribution is 2.28. The molecule has 180 valence electrons. The number of nitrogens with zero attached hydrogens (tertiary/aromatic N) is 3. The molecule has 0 unspecified atom stereocenters. The second-order valence-electron chi connectivity index (χ2n) is 8.64. The molecule has 0 aliphatic rings. The van der Waals surface area contributed by atoms with Crippen LogP contribution < -0.4 is 14.7 Å². The molecule has 0 aliphatic carbocycles. The van der Waals surface area contributed by atoms with Crippen molar-refractivity contribution in [3.63, 3.8) is 0 Å². The van der Waals surface area contributed by atoms with E-state index in [2.05, 4.69) is 65.8 Å². The van der Waals surface area contributed by atoms with E-state index in [1.165, 1.54) is 23.5 Å². The average Bonchev–Trinajstić information content (AvgIpc) is 3.22. The lowest BCUT2D eigenvalue weighted by molar-refractivity contribution is -0.719. The number of rotatable bonds is 9. The van der Waals surface area contributed by atoms with Crippen molar-refractivity contribution >= 4 is 23.9 Å². The Balaban J connectivity index is 1.62. The Morgan fingerprint density at radius 2 is 1.97 bits per heavy atom. The number of phenols is 1. The van der Waals surface area contributed by atoms with Gasteiger partial charge in [0, 0.05) is 5.56 Å². The van der Waals surface area contributed by atoms with Crippen LogP contribution in [0.15, 0.2) is 52.7 Å². The zero-order chi connectivity index (χ0) is 24.7. The quantitative estimate of drug-likeness (QED) is 0.185. The largest absolute Gasteiger partial charge is 0.504 e. The Bertz CT molecular complexity index is 1150. The number of H-pyrrole nitrogens is 1. The molecule has 8 nitrogen and oxygen atoms in total. The van der Waals surface area contributed by atoms with Crippen LogP contribution in [0.3, 0.4) is 0 Å². The van der Waals surface area contributed by atoms with Gasteiger partial charge in [-0.1, -0.05) is 39.0 Å². The number of benzene rings is 2. The molecule has 0 saturated heterocycles. The molecular weight excluding hydrogens is 450 g/mol. The third-order valence-corrected chi connectivity index (χ3v) is 6.13. The van der Waals surface area contributed by atoms with E-state index in [1.807, 2.05) is 18.4 Å². The highest BCUT2D eigenvalue weighted by Gasteiger charge is 2.22. The Morgan fingerprint density at radius 3 is 2.62 bits per heavy atom. The van der Waals surface area contributed by atoms with Gasteiger partial charge < -0.3 is 9.84 Å². The molecule has 0 atom stereocenters. The predicted molar refractivity (Wildman–Crippen MR) is 134 cm³/mol. The van der Waals surface area contributed by atoms with Gasteiger partial charge in [-0.15, -0.1) is 5.10 Å². The van der Waals surface area contributed by atoms with E-state index < -0.39 is 0 Å². The van der Waals surface area contributed by atoms with Gasteiger partial charge in [0.15, 0.2) is 11.5 Å². The zero-order valence-corrected chi connectivity index (χ0v) is 21.1. The summed E-state index contributed by atoms with van der Waals surface area (Å²) in [5.74, 6) is 1.13. The maximum atomic E-state index is 12.3. The average molecular weight is 483 g/mol. The van der Waals surface area contributed by atoms with E-state index in [-0.39, 0.29) is 22.8 Å². The van der Waals surface area contributed by atoms with E-state index >= 15 is 0 Å². The number of ether oxygens (including phenoxy) is 1. The molecule has 1 heterocycles. The van der Waals surface area contributed by atoms with Crippen molar-refractivity contribution in [1.82, 2.24) is 15.6 Å². The van der Waals surface area contributed by atoms with Crippen LogP contribution in [0.25, 0.3) is 11.4 Å². The fraction of sp³-hybridized carbons (Fsp3) is 0.360. The van der Waals surface area contributed by atoms with Gasteiger partial charge in [0.05, 0.1) is 35.8 Å². The van der Waals surface area contributed by atoms with Crippen molar-refractivity contribution in [2.75, 3.05) is 12.4 Å². The van der Waals surface area contributed by atoms with Gasteiger partial charge in [-0.25, -0.2) is 9.99 Å². The summed E-state index contributed by atoms with van der Waals surface area (Å²) in [7, 11) is 0. The van der Waals surface area contributed by atoms with Crippen molar-refractivity contribution in [3.8, 4) is 22.9 Å². The molecule has 1 amide bonds. The number of thioether (sulfide) groups is 1. The number of carbonyl (C=O) groups is 1. The predicted octanol–water partition coefficient (Wildman–Crippen LogP) is 4.03. The van der Waals surface area contributed by atoms with Gasteiger partial charge in [0.25, 0.3) is 11.7 Å². The summed E-state index contributed by atoms with van der Waals surface area (Å²) in [6.07, 6.45) is 1.39. The molecule has 0 aliphatic heterocycles. The van der Waals surface area contributed by atoms with Crippen LogP contribution in [-0.2, 0) is 16.8 Å². The maximum Gasteiger partial charge on any atom is 0.337 e. The van der Waals surface area contributed by atoms with Crippen LogP contribution in [0.5, 0.6) is 11.5 Å². The van der Waals surface area contributed by atoms with Gasteiger partial charge in [0.1, 0.15) is 0 Å². The summed E-state index contributed by atoms with van der Waals surface area (Å²) in [5.41, 5.74) is 5.34. The topological polar surface area (TPSA) is 103 Å². The maximum absolute atomic E-state index is 12.3. The van der Waals surface area contributed by atoms with E-state index in [1.54, 1.807) is 18.2 Å². The SMILES string of the molecule is CCOc1cccc(/C=N/NC(=O)CSc2n[nH]c(-c3ccc(C(C)(C)C)cc3)[n+]2CC)c1O. The number of phenolic OH excluding ortho intramolecular Hbond substituents is 1. The number of aromatic amines is 1. The van der Waals surface area contributed by atoms with Crippen LogP contribution in [-0.4, -0.2) is 39.8 Å². The number of para-hydroxylation sites is 1. The first-order valence-corrected chi connectivity index (χ1v) is 12.2. The lowest BCUT2D eigenvalue weighted by Crippen LogP contribution is -2.36. The van der Waals surface area contributed by atoms with Crippen molar-refractivity contribution in [1.29, 1.82) is 0 Å². The third kappa shape index (κ3) is 6.17. The van der Waals surface area contributed by atoms with Crippen molar-refractivity contribution in [2.24, 2.45) is 5.10 Å². The Kier molecular flexibility index (Phi) is 8.33. The molecular formula is C25H32N5O3S+. The highest BCUT2D eigenvalue weighted by molar-refractivity contribution is 7.99. The number of carbonyl (C=O) groups excluding carboxylic acids is 1. The molecule has 3 rings (SSSR count). The molecule has 3 N–H and O–H groups in total. The van der Waals surface area contributed by atoms with Crippen molar-refractivity contribution in [2.45, 2.75) is 51.7 Å². The number of aromatic hydroxyl groups is 1. The Labute approximate surface area is 204 Å². The molecule has 0 bridgehead atoms. The molecule has 2 aromatic carbocycles. The van der Waals surface area contributed by atoms with E-state index in [0.29, 0.717) is 24.5 Å². The van der Waals surface area contributed by atoms with Crippen LogP contribution in [0.2, 0.25) is 0 Å². The number of amides is 1. The standard InChI is InChI=1S/C25H31N5O3S/c1-6-30-23(17-11-13-19(14-12-17)25(3,4)5)28-29-24(30)34-16-21(31)27-26-15-18-9-8-10-20(22(18)32)33-7-2/h8-15H,6-7,16H2,1-5H3,(H2,26,27,31,32)/p+1. The molecule has 34 heavy (non-hydrogen) atoms. The second-order valence-corrected chi connectivity index (χ2v) is 9.58. The first-order valence-electron chi connectivity index (χ1n) is 11.2. The van der Waals surface area contributed by atoms with Crippen LogP contribution in [0.4, 0.5) is 0 Å². The smallest absolute Gasteiger partial charge is 0.337 e. The molecule has 0 fully saturated rings. The minimum Gasteiger partial charge on any atom is -0.504 e. The Morgan fingerprint density at radius 1 is 1.24 bits per heavy atom. The number of hydrogen-bond acceptors (Lipinski definition) is 6. The summed E-state index contributed by atoms with van der Waals surface area (Å²) in [5, 5.41) is 22.4. The lowest BCUT2D eigenvalue weighted by atomic mass is 9.87. The summed E-state index contributed by atoms with van der Waals surface area (Å²) < 4.78 is 7.40. The number of aromatic nitrogens is 3. The monoisotopic (exact) mass is 482 g/mol. The number of nitrogens with one attached hydrogen (secondary N) is 2. The van der Waals surface area contributed by atoms with Gasteiger partial charge in [-0.05, 0) is 60.9 Å². The van der Waals surface area contributed by atoms with Gasteiger partial charge in [-0.3, -0.25) is 4.79 Å². The molecule has 0 radical (unpaired) electrons. The first kappa shape index (κ1) is 25.3. The summed E-state index contributed by atoms with van der Waals surface area (Å²) >= 11 is 1.33. The molecule has 0 spiro atoms. The van der Waals surface area contributed by atoms with Crippen molar-refractivity contribution < 1.29 is 19.2 Å². The van der Waals surface area contributed by atoms with Crippen LogP contribution >= 0.6 is 11.8 Å². The van der Waals surface area contributed by atoms with Crippen molar-refractivity contribution in [3.05, 3.63) is 53.6 Å². The summed E-state index contributed by atoms with van der Waals surface area (Å²) in [6.45, 7) is 11.6. The molecule has 0 saturated carbocycles. The van der Waals surface area contributed by atoms with Crippen LogP contribution in [0, 0.1) is 0 Å². The third-order valence-electron chi connectivity index (χ3n) is 5.15. The van der Waals surface area contributed by atoms with E-state index in [9.17, 15) is 9.90 Å². The minimum absolute atomic E-state index is 0.0136. The number of hydrogen-bond donors (Lipinski definition) is 3. The second kappa shape index (κ2) is 11.2. The van der Waals surface area contributed by atoms with E-state index in [0.717, 1.165) is 16.5 Å². The normalized spacial score (nSPS) is 11.7. The Hall–Kier alpha value is -3.33. The highest BCUT2D eigenvalue weighted by atomic mass is 32.2. The lowest BCUT2D eigenvalue weighted by Gasteiger charge is -2.18.